The van der Waals surface area contributed by atoms with Gasteiger partial charge in [-0.25, -0.2) is 8.42 Å². The highest BCUT2D eigenvalue weighted by Crippen LogP contribution is 2.34. The molecule has 1 aromatic carbocycles. The van der Waals surface area contributed by atoms with Crippen molar-refractivity contribution in [2.75, 3.05) is 23.7 Å². The number of hydrogen-bond donors (Lipinski definition) is 0. The third kappa shape index (κ3) is 6.27. The standard InChI is InChI=1S/C25H38ClNO4S/c1-17-14-27(15-18(2)31-17)23-11-8-20(12-22(23)26)13-24(28)21-9-6-19(7-10-21)16-32(29,30)25(3,4)5/h8,11-12,17-19,21H,6-7,9-10,13-16H2,1-5H3/t17-,18+,19?,21?. The van der Waals surface area contributed by atoms with E-state index in [0.29, 0.717) is 11.4 Å². The monoisotopic (exact) mass is 483 g/mol. The van der Waals surface area contributed by atoms with Crippen LogP contribution < -0.4 is 4.90 Å². The molecule has 2 fully saturated rings. The van der Waals surface area contributed by atoms with Gasteiger partial charge in [-0.05, 0) is 83.9 Å². The maximum Gasteiger partial charge on any atom is 0.155 e. The zero-order chi connectivity index (χ0) is 23.7. The lowest BCUT2D eigenvalue weighted by Gasteiger charge is -2.37. The van der Waals surface area contributed by atoms with Crippen LogP contribution in [0.1, 0.15) is 65.9 Å². The first kappa shape index (κ1) is 25.5. The van der Waals surface area contributed by atoms with Gasteiger partial charge in [0, 0.05) is 25.4 Å². The second kappa shape index (κ2) is 10.0. The van der Waals surface area contributed by atoms with Crippen LogP contribution in [0.25, 0.3) is 0 Å². The van der Waals surface area contributed by atoms with Crippen LogP contribution >= 0.6 is 11.6 Å². The van der Waals surface area contributed by atoms with Crippen LogP contribution in [0.5, 0.6) is 0 Å². The summed E-state index contributed by atoms with van der Waals surface area (Å²) < 4.78 is 30.1. The number of carbonyl (C=O) groups is 1. The zero-order valence-corrected chi connectivity index (χ0v) is 21.6. The molecule has 7 heteroatoms. The van der Waals surface area contributed by atoms with Gasteiger partial charge in [-0.2, -0.15) is 0 Å². The molecule has 0 unspecified atom stereocenters. The summed E-state index contributed by atoms with van der Waals surface area (Å²) in [5, 5.41) is 0.674. The molecule has 1 heterocycles. The highest BCUT2D eigenvalue weighted by atomic mass is 35.5. The number of halogens is 1. The second-order valence-electron chi connectivity index (χ2n) is 10.7. The van der Waals surface area contributed by atoms with Crippen molar-refractivity contribution < 1.29 is 17.9 Å². The summed E-state index contributed by atoms with van der Waals surface area (Å²) in [6.45, 7) is 11.0. The number of hydrogen-bond acceptors (Lipinski definition) is 5. The Kier molecular flexibility index (Phi) is 7.99. The predicted molar refractivity (Wildman–Crippen MR) is 131 cm³/mol. The van der Waals surface area contributed by atoms with E-state index < -0.39 is 14.6 Å². The molecule has 1 saturated carbocycles. The van der Waals surface area contributed by atoms with Gasteiger partial charge in [0.2, 0.25) is 0 Å². The Morgan fingerprint density at radius 2 is 1.69 bits per heavy atom. The first-order valence-electron chi connectivity index (χ1n) is 11.8. The van der Waals surface area contributed by atoms with E-state index in [1.54, 1.807) is 20.8 Å². The van der Waals surface area contributed by atoms with Crippen molar-refractivity contribution in [1.82, 2.24) is 0 Å². The molecule has 0 N–H and O–H groups in total. The third-order valence-electron chi connectivity index (χ3n) is 6.84. The zero-order valence-electron chi connectivity index (χ0n) is 20.1. The van der Waals surface area contributed by atoms with Gasteiger partial charge >= 0.3 is 0 Å². The number of benzene rings is 1. The minimum Gasteiger partial charge on any atom is -0.372 e. The molecule has 0 amide bonds. The van der Waals surface area contributed by atoms with Crippen LogP contribution in [0.15, 0.2) is 18.2 Å². The summed E-state index contributed by atoms with van der Waals surface area (Å²) in [6.07, 6.45) is 3.86. The fourth-order valence-corrected chi connectivity index (χ4v) is 6.62. The number of nitrogens with zero attached hydrogens (tertiary/aromatic N) is 1. The van der Waals surface area contributed by atoms with Crippen LogP contribution in [0.3, 0.4) is 0 Å². The van der Waals surface area contributed by atoms with Gasteiger partial charge < -0.3 is 9.64 Å². The van der Waals surface area contributed by atoms with E-state index in [1.165, 1.54) is 0 Å². The van der Waals surface area contributed by atoms with Crippen molar-refractivity contribution in [2.45, 2.75) is 83.7 Å². The van der Waals surface area contributed by atoms with Crippen LogP contribution in [0, 0.1) is 11.8 Å². The molecule has 1 aliphatic heterocycles. The number of morpholine rings is 1. The van der Waals surface area contributed by atoms with Crippen molar-refractivity contribution in [3.8, 4) is 0 Å². The van der Waals surface area contributed by atoms with Gasteiger partial charge in [0.15, 0.2) is 9.84 Å². The smallest absolute Gasteiger partial charge is 0.155 e. The summed E-state index contributed by atoms with van der Waals surface area (Å²) in [6, 6.07) is 5.94. The van der Waals surface area contributed by atoms with Crippen LogP contribution in [-0.4, -0.2) is 50.0 Å². The SMILES string of the molecule is C[C@@H]1CN(c2ccc(CC(=O)C3CCC(CS(=O)(=O)C(C)(C)C)CC3)cc2Cl)C[C@H](C)O1. The Balaban J connectivity index is 1.55. The van der Waals surface area contributed by atoms with Crippen LogP contribution in [0.2, 0.25) is 5.02 Å². The highest BCUT2D eigenvalue weighted by molar-refractivity contribution is 7.92. The molecule has 0 aromatic heterocycles. The molecule has 0 spiro atoms. The quantitative estimate of drug-likeness (QED) is 0.564. The van der Waals surface area contributed by atoms with Crippen molar-refractivity contribution in [1.29, 1.82) is 0 Å². The largest absolute Gasteiger partial charge is 0.372 e. The molecule has 1 aromatic rings. The third-order valence-corrected chi connectivity index (χ3v) is 9.92. The minimum atomic E-state index is -3.12. The van der Waals surface area contributed by atoms with Gasteiger partial charge in [0.05, 0.1) is 33.4 Å². The summed E-state index contributed by atoms with van der Waals surface area (Å²) in [7, 11) is -3.12. The van der Waals surface area contributed by atoms with Crippen molar-refractivity contribution in [2.24, 2.45) is 11.8 Å². The molecule has 1 aliphatic carbocycles. The summed E-state index contributed by atoms with van der Waals surface area (Å²) in [5.74, 6) is 0.644. The second-order valence-corrected chi connectivity index (χ2v) is 13.9. The molecule has 0 bridgehead atoms. The number of sulfone groups is 1. The average molecular weight is 484 g/mol. The fraction of sp³-hybridized carbons (Fsp3) is 0.720. The molecular formula is C25H38ClNO4S. The normalized spacial score (nSPS) is 27.4. The van der Waals surface area contributed by atoms with Gasteiger partial charge in [-0.3, -0.25) is 4.79 Å². The van der Waals surface area contributed by atoms with Gasteiger partial charge in [-0.15, -0.1) is 0 Å². The van der Waals surface area contributed by atoms with E-state index in [-0.39, 0.29) is 35.6 Å². The van der Waals surface area contributed by atoms with Crippen LogP contribution in [-0.2, 0) is 25.8 Å². The van der Waals surface area contributed by atoms with Crippen molar-refractivity contribution in [3.05, 3.63) is 28.8 Å². The molecule has 1 saturated heterocycles. The molecule has 180 valence electrons. The lowest BCUT2D eigenvalue weighted by molar-refractivity contribution is -0.123. The first-order chi connectivity index (χ1) is 14.9. The van der Waals surface area contributed by atoms with E-state index in [1.807, 2.05) is 18.2 Å². The maximum absolute atomic E-state index is 12.9. The molecule has 2 aliphatic rings. The Morgan fingerprint density at radius 3 is 2.22 bits per heavy atom. The average Bonchev–Trinajstić information content (AvgIpc) is 2.66. The highest BCUT2D eigenvalue weighted by Gasteiger charge is 2.34. The summed E-state index contributed by atoms with van der Waals surface area (Å²) in [4.78, 5) is 15.2. The van der Waals surface area contributed by atoms with Gasteiger partial charge in [0.25, 0.3) is 0 Å². The predicted octanol–water partition coefficient (Wildman–Crippen LogP) is 5.08. The van der Waals surface area contributed by atoms with E-state index in [0.717, 1.165) is 50.0 Å². The Labute approximate surface area is 198 Å². The molecule has 3 rings (SSSR count). The minimum absolute atomic E-state index is 0.0167. The van der Waals surface area contributed by atoms with E-state index in [2.05, 4.69) is 18.7 Å². The Bertz CT molecular complexity index is 906. The summed E-state index contributed by atoms with van der Waals surface area (Å²) in [5.41, 5.74) is 1.93. The number of ether oxygens (including phenoxy) is 1. The Morgan fingerprint density at radius 1 is 1.09 bits per heavy atom. The number of anilines is 1. The lowest BCUT2D eigenvalue weighted by Crippen LogP contribution is -2.45. The van der Waals surface area contributed by atoms with Crippen molar-refractivity contribution >= 4 is 32.9 Å². The molecule has 5 nitrogen and oxygen atoms in total. The van der Waals surface area contributed by atoms with Gasteiger partial charge in [0.1, 0.15) is 5.78 Å². The maximum atomic E-state index is 12.9. The summed E-state index contributed by atoms with van der Waals surface area (Å²) >= 11 is 6.59. The molecule has 0 radical (unpaired) electrons. The van der Waals surface area contributed by atoms with E-state index >= 15 is 0 Å². The number of Topliss-reactive ketones (excluding diaryl/α,β-unsaturated/α-hetero) is 1. The lowest BCUT2D eigenvalue weighted by atomic mass is 9.79. The molecular weight excluding hydrogens is 446 g/mol. The number of rotatable bonds is 6. The number of ketones is 1. The molecule has 32 heavy (non-hydrogen) atoms. The van der Waals surface area contributed by atoms with E-state index in [4.69, 9.17) is 16.3 Å². The number of carbonyl (C=O) groups excluding carboxylic acids is 1. The van der Waals surface area contributed by atoms with E-state index in [9.17, 15) is 13.2 Å². The molecule has 2 atom stereocenters. The van der Waals surface area contributed by atoms with Crippen LogP contribution in [0.4, 0.5) is 5.69 Å². The van der Waals surface area contributed by atoms with Gasteiger partial charge in [-0.1, -0.05) is 17.7 Å². The first-order valence-corrected chi connectivity index (χ1v) is 13.8. The van der Waals surface area contributed by atoms with Crippen molar-refractivity contribution in [3.63, 3.8) is 0 Å². The Hall–Kier alpha value is -1.11. The topological polar surface area (TPSA) is 63.7 Å². The fourth-order valence-electron chi connectivity index (χ4n) is 4.85.